The van der Waals surface area contributed by atoms with E-state index < -0.39 is 17.7 Å². The Labute approximate surface area is 162 Å². The average molecular weight is 393 g/mol. The fourth-order valence-electron chi connectivity index (χ4n) is 3.22. The van der Waals surface area contributed by atoms with E-state index in [0.29, 0.717) is 6.54 Å². The molecule has 0 radical (unpaired) electrons. The number of nitrogens with zero attached hydrogens (tertiary/aromatic N) is 2. The van der Waals surface area contributed by atoms with Crippen LogP contribution in [0.15, 0.2) is 29.3 Å². The van der Waals surface area contributed by atoms with Gasteiger partial charge in [0.1, 0.15) is 32.0 Å². The predicted octanol–water partition coefficient (Wildman–Crippen LogP) is -2.28. The number of carbonyl (C=O) groups excluding carboxylic acids is 2. The number of hydrogen-bond acceptors (Lipinski definition) is 4. The van der Waals surface area contributed by atoms with E-state index in [4.69, 9.17) is 12.2 Å². The number of halogens is 1. The number of rotatable bonds is 6. The van der Waals surface area contributed by atoms with Crippen molar-refractivity contribution in [2.24, 2.45) is 10.9 Å². The highest BCUT2D eigenvalue weighted by Gasteiger charge is 2.37. The van der Waals surface area contributed by atoms with Gasteiger partial charge in [0.2, 0.25) is 11.8 Å². The summed E-state index contributed by atoms with van der Waals surface area (Å²) in [7, 11) is 0. The molecule has 7 nitrogen and oxygen atoms in total. The molecule has 0 aromatic heterocycles. The molecule has 0 aliphatic carbocycles. The summed E-state index contributed by atoms with van der Waals surface area (Å²) in [6.07, 6.45) is 1.42. The Morgan fingerprint density at radius 2 is 2.00 bits per heavy atom. The molecule has 0 spiro atoms. The molecule has 0 saturated carbocycles. The highest BCUT2D eigenvalue weighted by molar-refractivity contribution is 7.80. The van der Waals surface area contributed by atoms with E-state index in [1.54, 1.807) is 12.1 Å². The molecule has 144 valence electrons. The molecule has 2 aliphatic rings. The van der Waals surface area contributed by atoms with Crippen LogP contribution in [0.5, 0.6) is 0 Å². The summed E-state index contributed by atoms with van der Waals surface area (Å²) in [6.45, 7) is 6.11. The molecule has 2 heterocycles. The number of quaternary nitrogens is 2. The number of hydrogen-bond donors (Lipinski definition) is 3. The highest BCUT2D eigenvalue weighted by Crippen LogP contribution is 2.14. The molecule has 1 atom stereocenters. The van der Waals surface area contributed by atoms with Crippen molar-refractivity contribution in [3.05, 3.63) is 35.6 Å². The van der Waals surface area contributed by atoms with Gasteiger partial charge in [0, 0.05) is 6.21 Å². The molecule has 0 bridgehead atoms. The van der Waals surface area contributed by atoms with Gasteiger partial charge in [0.05, 0.1) is 19.6 Å². The Hall–Kier alpha value is -2.23. The second-order valence-electron chi connectivity index (χ2n) is 6.74. The van der Waals surface area contributed by atoms with Gasteiger partial charge in [-0.1, -0.05) is 12.1 Å². The lowest BCUT2D eigenvalue weighted by Gasteiger charge is -2.31. The molecular formula is C18H24FN5O2S+2. The van der Waals surface area contributed by atoms with Gasteiger partial charge < -0.3 is 15.5 Å². The number of benzene rings is 1. The summed E-state index contributed by atoms with van der Waals surface area (Å²) >= 11 is 5.13. The number of thiocarbonyl (C=S) groups is 1. The summed E-state index contributed by atoms with van der Waals surface area (Å²) in [5, 5.41) is 4.92. The van der Waals surface area contributed by atoms with Crippen LogP contribution >= 0.6 is 12.2 Å². The maximum absolute atomic E-state index is 13.1. The van der Waals surface area contributed by atoms with Crippen LogP contribution in [0.4, 0.5) is 4.39 Å². The second-order valence-corrected chi connectivity index (χ2v) is 7.13. The van der Waals surface area contributed by atoms with Crippen molar-refractivity contribution in [2.45, 2.75) is 6.54 Å². The lowest BCUT2D eigenvalue weighted by molar-refractivity contribution is -0.945. The third-order valence-corrected chi connectivity index (χ3v) is 5.12. The van der Waals surface area contributed by atoms with E-state index in [9.17, 15) is 14.0 Å². The van der Waals surface area contributed by atoms with Gasteiger partial charge in [-0.25, -0.2) is 4.39 Å². The van der Waals surface area contributed by atoms with Gasteiger partial charge in [0.15, 0.2) is 11.0 Å². The second kappa shape index (κ2) is 9.12. The Kier molecular flexibility index (Phi) is 6.59. The number of amides is 2. The number of nitrogens with two attached hydrogens (primary N) is 1. The molecule has 2 aliphatic heterocycles. The van der Waals surface area contributed by atoms with Crippen LogP contribution in [-0.4, -0.2) is 67.3 Å². The van der Waals surface area contributed by atoms with Crippen molar-refractivity contribution >= 4 is 35.4 Å². The zero-order valence-corrected chi connectivity index (χ0v) is 15.8. The molecule has 27 heavy (non-hydrogen) atoms. The van der Waals surface area contributed by atoms with Gasteiger partial charge in [-0.3, -0.25) is 19.5 Å². The van der Waals surface area contributed by atoms with Gasteiger partial charge >= 0.3 is 0 Å². The first-order valence-electron chi connectivity index (χ1n) is 9.10. The molecule has 0 unspecified atom stereocenters. The lowest BCUT2D eigenvalue weighted by atomic mass is 10.1. The fourth-order valence-corrected chi connectivity index (χ4v) is 3.47. The van der Waals surface area contributed by atoms with E-state index in [2.05, 4.69) is 15.6 Å². The van der Waals surface area contributed by atoms with Gasteiger partial charge in [-0.2, -0.15) is 0 Å². The topological polar surface area (TPSA) is 82.8 Å². The number of piperazine rings is 1. The minimum atomic E-state index is -0.984. The first-order chi connectivity index (χ1) is 13.0. The highest BCUT2D eigenvalue weighted by atomic mass is 32.1. The lowest BCUT2D eigenvalue weighted by Crippen LogP contribution is -3.20. The molecule has 4 N–H and O–H groups in total. The Morgan fingerprint density at radius 3 is 2.70 bits per heavy atom. The molecule has 2 saturated heterocycles. The van der Waals surface area contributed by atoms with Crippen LogP contribution in [0.25, 0.3) is 0 Å². The maximum Gasteiger partial charge on any atom is 0.247 e. The third-order valence-electron chi connectivity index (χ3n) is 4.80. The zero-order valence-electron chi connectivity index (χ0n) is 15.0. The van der Waals surface area contributed by atoms with Crippen molar-refractivity contribution in [1.29, 1.82) is 0 Å². The Bertz CT molecular complexity index is 734. The molecule has 2 fully saturated rings. The standard InChI is InChI=1S/C18H22FN5O2S/c19-14-3-1-13(2-4-14)12-24-17(26)15(16(25)22-18(24)27)11-21-7-10-23-8-5-20-6-9-23/h1-4,11,15,20H,5-10,12H2,(H,22,25,27)/p+2/t15-/m1/s1. The number of carbonyl (C=O) groups is 2. The summed E-state index contributed by atoms with van der Waals surface area (Å²) in [5.41, 5.74) is 0.726. The van der Waals surface area contributed by atoms with Gasteiger partial charge in [-0.05, 0) is 29.9 Å². The Balaban J connectivity index is 1.59. The number of aliphatic imine (C=N–C) groups is 1. The average Bonchev–Trinajstić information content (AvgIpc) is 2.66. The van der Waals surface area contributed by atoms with Crippen LogP contribution in [0.2, 0.25) is 0 Å². The van der Waals surface area contributed by atoms with E-state index in [1.807, 2.05) is 0 Å². The molecular weight excluding hydrogens is 369 g/mol. The third kappa shape index (κ3) is 5.15. The van der Waals surface area contributed by atoms with E-state index >= 15 is 0 Å². The minimum absolute atomic E-state index is 0.0630. The van der Waals surface area contributed by atoms with E-state index in [-0.39, 0.29) is 17.5 Å². The zero-order chi connectivity index (χ0) is 19.2. The molecule has 3 rings (SSSR count). The van der Waals surface area contributed by atoms with Crippen molar-refractivity contribution in [3.8, 4) is 0 Å². The SMILES string of the molecule is O=C1NC(=S)N(Cc2ccc(F)cc2)C(=O)[C@@H]1C=NCC[NH+]1CC[NH2+]CC1. The smallest absolute Gasteiger partial charge is 0.247 e. The summed E-state index contributed by atoms with van der Waals surface area (Å²) < 4.78 is 13.1. The largest absolute Gasteiger partial charge is 0.337 e. The van der Waals surface area contributed by atoms with E-state index in [0.717, 1.165) is 38.3 Å². The summed E-state index contributed by atoms with van der Waals surface area (Å²) in [5.74, 6) is -2.19. The summed E-state index contributed by atoms with van der Waals surface area (Å²) in [4.78, 5) is 32.0. The first-order valence-corrected chi connectivity index (χ1v) is 9.51. The minimum Gasteiger partial charge on any atom is -0.337 e. The fraction of sp³-hybridized carbons (Fsp3) is 0.444. The van der Waals surface area contributed by atoms with Crippen LogP contribution in [0, 0.1) is 11.7 Å². The van der Waals surface area contributed by atoms with Crippen LogP contribution in [0.1, 0.15) is 5.56 Å². The van der Waals surface area contributed by atoms with Crippen LogP contribution in [0.3, 0.4) is 0 Å². The molecule has 1 aromatic rings. The monoisotopic (exact) mass is 393 g/mol. The maximum atomic E-state index is 13.1. The molecule has 9 heteroatoms. The van der Waals surface area contributed by atoms with E-state index in [1.165, 1.54) is 28.1 Å². The first kappa shape index (κ1) is 19.5. The summed E-state index contributed by atoms with van der Waals surface area (Å²) in [6, 6.07) is 5.82. The quantitative estimate of drug-likeness (QED) is 0.289. The number of nitrogens with one attached hydrogen (secondary N) is 2. The van der Waals surface area contributed by atoms with Crippen molar-refractivity contribution in [1.82, 2.24) is 10.2 Å². The molecule has 1 aromatic carbocycles. The van der Waals surface area contributed by atoms with Crippen LogP contribution < -0.4 is 15.5 Å². The van der Waals surface area contributed by atoms with Gasteiger partial charge in [-0.15, -0.1) is 0 Å². The van der Waals surface area contributed by atoms with Crippen LogP contribution in [-0.2, 0) is 16.1 Å². The predicted molar refractivity (Wildman–Crippen MR) is 102 cm³/mol. The van der Waals surface area contributed by atoms with Crippen molar-refractivity contribution in [2.75, 3.05) is 39.3 Å². The normalized spacial score (nSPS) is 21.7. The van der Waals surface area contributed by atoms with Crippen molar-refractivity contribution in [3.63, 3.8) is 0 Å². The molecule has 2 amide bonds. The Morgan fingerprint density at radius 1 is 1.30 bits per heavy atom. The van der Waals surface area contributed by atoms with Gasteiger partial charge in [0.25, 0.3) is 0 Å². The van der Waals surface area contributed by atoms with Crippen molar-refractivity contribution < 1.29 is 24.2 Å².